The van der Waals surface area contributed by atoms with Crippen LogP contribution in [-0.2, 0) is 45.6 Å². The Kier molecular flexibility index (Phi) is 19.2. The number of unbranched alkanes of at least 4 members (excludes halogenated alkanes) is 2. The number of hydrogen-bond acceptors (Lipinski definition) is 6. The molecule has 0 aliphatic carbocycles. The predicted molar refractivity (Wildman–Crippen MR) is 335 cm³/mol. The first-order valence-electron chi connectivity index (χ1n) is 26.8. The molecule has 0 atom stereocenters. The maximum Gasteiger partial charge on any atom is 0.303 e. The topological polar surface area (TPSA) is 108 Å². The van der Waals surface area contributed by atoms with Crippen molar-refractivity contribution in [3.63, 3.8) is 0 Å². The number of nitrogens with one attached hydrogen (secondary N) is 1. The van der Waals surface area contributed by atoms with Gasteiger partial charge in [0.05, 0.1) is 52.7 Å². The molecule has 0 aliphatic rings. The summed E-state index contributed by atoms with van der Waals surface area (Å²) >= 11 is 12.3. The number of aromatic amines is 1. The quantitative estimate of drug-likeness (QED) is 0.0405. The molecule has 6 aromatic heterocycles. The minimum atomic E-state index is -0.750. The second-order valence-electron chi connectivity index (χ2n) is 19.4. The van der Waals surface area contributed by atoms with Gasteiger partial charge in [0.2, 0.25) is 0 Å². The number of carboxylic acid groups (broad SMARTS) is 1. The maximum atomic E-state index is 10.8. The van der Waals surface area contributed by atoms with Crippen LogP contribution in [0.1, 0.15) is 69.1 Å². The summed E-state index contributed by atoms with van der Waals surface area (Å²) in [6.07, 6.45) is 12.5. The van der Waals surface area contributed by atoms with Crippen molar-refractivity contribution in [2.24, 2.45) is 21.1 Å². The van der Waals surface area contributed by atoms with E-state index in [2.05, 4.69) is 217 Å². The van der Waals surface area contributed by atoms with Gasteiger partial charge in [0.15, 0.2) is 15.1 Å². The molecule has 0 fully saturated rings. The lowest BCUT2D eigenvalue weighted by Gasteiger charge is -2.08. The number of fused-ring (bicyclic) bond motifs is 6. The molecule has 0 aliphatic heterocycles. The molecule has 2 N–H and O–H groups in total. The molecule has 15 heteroatoms. The number of nitrogens with zero attached hydrogens (tertiary/aromatic N) is 8. The number of thioether (sulfide) groups is 2. The van der Waals surface area contributed by atoms with Crippen molar-refractivity contribution in [3.8, 4) is 0 Å². The lowest BCUT2D eigenvalue weighted by Crippen LogP contribution is -2.02. The van der Waals surface area contributed by atoms with Crippen LogP contribution in [0.25, 0.3) is 65.8 Å². The SMILES string of the molecule is CCCCBr.CCCCSc1nc2ccccc2n1Cc1cn(C)c2ccccc12.Cn1cc(Cn2c(=S)[nH]c3ccccc32)c2ccccc21.Cn1cc(Cn2c(SCCCC(=O)O)nc3ccccc32)c2ccccc21. The number of para-hydroxylation sites is 9. The Morgan fingerprint density at radius 3 is 1.33 bits per heavy atom. The fourth-order valence-corrected chi connectivity index (χ4v) is 12.8. The number of rotatable bonds is 17. The highest BCUT2D eigenvalue weighted by Gasteiger charge is 2.17. The van der Waals surface area contributed by atoms with Gasteiger partial charge < -0.3 is 37.5 Å². The van der Waals surface area contributed by atoms with Crippen LogP contribution in [0.5, 0.6) is 0 Å². The van der Waals surface area contributed by atoms with Crippen molar-refractivity contribution in [1.82, 2.24) is 42.4 Å². The normalized spacial score (nSPS) is 11.3. The van der Waals surface area contributed by atoms with Crippen LogP contribution < -0.4 is 0 Å². The maximum absolute atomic E-state index is 10.8. The summed E-state index contributed by atoms with van der Waals surface area (Å²) in [6.45, 7) is 6.80. The van der Waals surface area contributed by atoms with Gasteiger partial charge in [0, 0.05) is 95.7 Å². The number of imidazole rings is 3. The predicted octanol–water partition coefficient (Wildman–Crippen LogP) is 16.4. The number of halogens is 1. The number of H-pyrrole nitrogens is 1. The van der Waals surface area contributed by atoms with Crippen molar-refractivity contribution in [2.45, 2.75) is 82.3 Å². The van der Waals surface area contributed by atoms with Crippen molar-refractivity contribution >= 4 is 123 Å². The number of alkyl halides is 1. The van der Waals surface area contributed by atoms with Crippen LogP contribution in [0.2, 0.25) is 0 Å². The highest BCUT2D eigenvalue weighted by atomic mass is 79.9. The Morgan fingerprint density at radius 2 is 0.910 bits per heavy atom. The second-order valence-corrected chi connectivity index (χ2v) is 22.7. The van der Waals surface area contributed by atoms with Gasteiger partial charge >= 0.3 is 5.97 Å². The minimum Gasteiger partial charge on any atom is -0.481 e. The summed E-state index contributed by atoms with van der Waals surface area (Å²) in [5.74, 6) is 1.11. The molecule has 0 saturated carbocycles. The van der Waals surface area contributed by atoms with Gasteiger partial charge in [-0.15, -0.1) is 0 Å². The average molecular weight is 1160 g/mol. The summed E-state index contributed by atoms with van der Waals surface area (Å²) in [6, 6.07) is 50.3. The van der Waals surface area contributed by atoms with Gasteiger partial charge in [-0.05, 0) is 103 Å². The van der Waals surface area contributed by atoms with Crippen molar-refractivity contribution in [1.29, 1.82) is 0 Å². The Morgan fingerprint density at radius 1 is 0.526 bits per heavy atom. The molecule has 11 nitrogen and oxygen atoms in total. The molecule has 78 heavy (non-hydrogen) atoms. The van der Waals surface area contributed by atoms with E-state index in [-0.39, 0.29) is 6.42 Å². The Balaban J connectivity index is 0.000000137. The standard InChI is InChI=1S/C21H21N3O2S.C21H23N3S.C17H15N3S.C4H9Br/c1-23-13-15(16-7-2-4-9-18(16)23)14-24-19-10-5-3-8-17(19)22-21(24)27-12-6-11-20(25)26;1-3-4-13-25-21-22-18-10-6-8-12-20(18)24(21)15-16-14-23(2)19-11-7-5-9-17(16)19;1-19-10-12(13-6-2-4-8-15(13)19)11-20-16-9-5-3-7-14(16)18-17(20)21;1-2-3-4-5/h2-5,7-10,13H,6,11-12,14H2,1H3,(H,25,26);5-12,14H,3-4,13,15H2,1-2H3;2-10H,11H2,1H3,(H,18,21);2-4H2,1H3. The molecule has 6 aromatic carbocycles. The number of aryl methyl sites for hydroxylation is 3. The van der Waals surface area contributed by atoms with Gasteiger partial charge in [-0.2, -0.15) is 0 Å². The van der Waals surface area contributed by atoms with E-state index in [0.29, 0.717) is 6.42 Å². The highest BCUT2D eigenvalue weighted by molar-refractivity contribution is 9.09. The number of hydrogen-bond donors (Lipinski definition) is 2. The molecule has 12 rings (SSSR count). The molecular formula is C63H68BrN9O2S3. The molecule has 0 radical (unpaired) electrons. The zero-order valence-electron chi connectivity index (χ0n) is 45.1. The third-order valence-electron chi connectivity index (χ3n) is 13.8. The van der Waals surface area contributed by atoms with Crippen LogP contribution >= 0.6 is 51.7 Å². The van der Waals surface area contributed by atoms with Gasteiger partial charge in [-0.1, -0.05) is 157 Å². The van der Waals surface area contributed by atoms with E-state index in [1.807, 2.05) is 42.1 Å². The summed E-state index contributed by atoms with van der Waals surface area (Å²) < 4.78 is 14.1. The number of aromatic nitrogens is 9. The highest BCUT2D eigenvalue weighted by Crippen LogP contribution is 2.31. The molecule has 0 bridgehead atoms. The van der Waals surface area contributed by atoms with Crippen LogP contribution in [0, 0.1) is 4.77 Å². The number of benzene rings is 6. The summed E-state index contributed by atoms with van der Waals surface area (Å²) in [5.41, 5.74) is 14.2. The van der Waals surface area contributed by atoms with Crippen molar-refractivity contribution in [2.75, 3.05) is 16.8 Å². The van der Waals surface area contributed by atoms with Gasteiger partial charge in [0.1, 0.15) is 0 Å². The monoisotopic (exact) mass is 1160 g/mol. The molecule has 6 heterocycles. The summed E-state index contributed by atoms with van der Waals surface area (Å²) in [7, 11) is 6.27. The van der Waals surface area contributed by atoms with Crippen molar-refractivity contribution in [3.05, 3.63) is 186 Å². The number of carboxylic acids is 1. The van der Waals surface area contributed by atoms with Crippen LogP contribution in [0.15, 0.2) is 174 Å². The Hall–Kier alpha value is -6.78. The first-order chi connectivity index (χ1) is 38.1. The second kappa shape index (κ2) is 26.7. The molecule has 12 aromatic rings. The third-order valence-corrected chi connectivity index (χ3v) is 16.8. The largest absolute Gasteiger partial charge is 0.481 e. The van der Waals surface area contributed by atoms with Gasteiger partial charge in [-0.3, -0.25) is 4.79 Å². The van der Waals surface area contributed by atoms with E-state index in [1.54, 1.807) is 11.8 Å². The molecule has 0 saturated heterocycles. The van der Waals surface area contributed by atoms with E-state index >= 15 is 0 Å². The zero-order chi connectivity index (χ0) is 54.5. The van der Waals surface area contributed by atoms with E-state index in [4.69, 9.17) is 27.3 Å². The number of aliphatic carboxylic acids is 1. The van der Waals surface area contributed by atoms with Crippen molar-refractivity contribution < 1.29 is 9.90 Å². The fraction of sp³-hybridized carbons (Fsp3) is 0.270. The first-order valence-corrected chi connectivity index (χ1v) is 30.3. The van der Waals surface area contributed by atoms with Crippen LogP contribution in [-0.4, -0.2) is 70.3 Å². The smallest absolute Gasteiger partial charge is 0.303 e. The van der Waals surface area contributed by atoms with Gasteiger partial charge in [-0.25, -0.2) is 9.97 Å². The average Bonchev–Trinajstić information content (AvgIpc) is 4.42. The van der Waals surface area contributed by atoms with Crippen LogP contribution in [0.4, 0.5) is 0 Å². The minimum absolute atomic E-state index is 0.191. The Labute approximate surface area is 478 Å². The van der Waals surface area contributed by atoms with E-state index in [9.17, 15) is 4.79 Å². The van der Waals surface area contributed by atoms with Gasteiger partial charge in [0.25, 0.3) is 0 Å². The van der Waals surface area contributed by atoms with Crippen LogP contribution in [0.3, 0.4) is 0 Å². The summed E-state index contributed by atoms with van der Waals surface area (Å²) in [4.78, 5) is 23.7. The zero-order valence-corrected chi connectivity index (χ0v) is 49.1. The Bertz CT molecular complexity index is 4000. The lowest BCUT2D eigenvalue weighted by molar-refractivity contribution is -0.137. The molecule has 0 unspecified atom stereocenters. The van der Waals surface area contributed by atoms with E-state index in [0.717, 1.165) is 79.1 Å². The molecular weight excluding hydrogens is 1090 g/mol. The molecule has 0 spiro atoms. The summed E-state index contributed by atoms with van der Waals surface area (Å²) in [5, 5.41) is 15.9. The molecule has 0 amide bonds. The first kappa shape index (κ1) is 56.0. The third kappa shape index (κ3) is 13.0. The van der Waals surface area contributed by atoms with E-state index in [1.165, 1.54) is 80.6 Å². The number of carbonyl (C=O) groups is 1. The molecule has 402 valence electrons. The fourth-order valence-electron chi connectivity index (χ4n) is 9.89. The lowest BCUT2D eigenvalue weighted by atomic mass is 10.2. The van der Waals surface area contributed by atoms with E-state index < -0.39 is 5.97 Å².